The van der Waals surface area contributed by atoms with Gasteiger partial charge in [0.15, 0.2) is 5.76 Å². The fourth-order valence-corrected chi connectivity index (χ4v) is 2.58. The van der Waals surface area contributed by atoms with E-state index < -0.39 is 0 Å². The summed E-state index contributed by atoms with van der Waals surface area (Å²) in [6.07, 6.45) is 3.00. The quantitative estimate of drug-likeness (QED) is 0.703. The molecular weight excluding hydrogens is 276 g/mol. The summed E-state index contributed by atoms with van der Waals surface area (Å²) in [7, 11) is 0. The largest absolute Gasteiger partial charge is 0.459 e. The molecule has 7 heteroatoms. The molecule has 1 amide bonds. The Morgan fingerprint density at radius 3 is 3.10 bits per heavy atom. The molecule has 0 fully saturated rings. The van der Waals surface area contributed by atoms with Crippen LogP contribution in [-0.2, 0) is 0 Å². The van der Waals surface area contributed by atoms with E-state index in [9.17, 15) is 4.79 Å². The Morgan fingerprint density at radius 2 is 2.25 bits per heavy atom. The molecule has 102 valence electrons. The van der Waals surface area contributed by atoms with Gasteiger partial charge in [-0.1, -0.05) is 0 Å². The molecule has 0 spiro atoms. The monoisotopic (exact) mass is 288 g/mol. The Labute approximate surface area is 118 Å². The summed E-state index contributed by atoms with van der Waals surface area (Å²) in [5.41, 5.74) is 0.923. The van der Waals surface area contributed by atoms with Gasteiger partial charge in [0, 0.05) is 13.1 Å². The summed E-state index contributed by atoms with van der Waals surface area (Å²) >= 11 is 1.59. The molecule has 3 aromatic rings. The van der Waals surface area contributed by atoms with Crippen LogP contribution in [0.2, 0.25) is 0 Å². The number of thiophene rings is 1. The van der Waals surface area contributed by atoms with Gasteiger partial charge in [0.25, 0.3) is 5.91 Å². The number of furan rings is 1. The number of nitrogens with one attached hydrogen (secondary N) is 2. The molecule has 0 radical (unpaired) electrons. The highest BCUT2D eigenvalue weighted by Crippen LogP contribution is 2.24. The Kier molecular flexibility index (Phi) is 3.60. The van der Waals surface area contributed by atoms with Crippen LogP contribution in [0.3, 0.4) is 0 Å². The Bertz CT molecular complexity index is 708. The highest BCUT2D eigenvalue weighted by molar-refractivity contribution is 7.17. The first-order valence-electron chi connectivity index (χ1n) is 6.08. The molecule has 0 saturated carbocycles. The zero-order valence-electron chi connectivity index (χ0n) is 10.5. The zero-order valence-corrected chi connectivity index (χ0v) is 11.3. The predicted molar refractivity (Wildman–Crippen MR) is 76.9 cm³/mol. The number of rotatable bonds is 5. The van der Waals surface area contributed by atoms with Gasteiger partial charge in [-0.25, -0.2) is 9.97 Å². The van der Waals surface area contributed by atoms with E-state index in [0.717, 1.165) is 16.0 Å². The van der Waals surface area contributed by atoms with E-state index >= 15 is 0 Å². The second-order valence-electron chi connectivity index (χ2n) is 4.02. The fraction of sp³-hybridized carbons (Fsp3) is 0.154. The minimum atomic E-state index is -0.222. The molecule has 0 aliphatic heterocycles. The van der Waals surface area contributed by atoms with Crippen LogP contribution in [0.15, 0.2) is 40.6 Å². The normalized spacial score (nSPS) is 10.6. The lowest BCUT2D eigenvalue weighted by molar-refractivity contribution is 0.0927. The van der Waals surface area contributed by atoms with Crippen LogP contribution in [0.5, 0.6) is 0 Å². The lowest BCUT2D eigenvalue weighted by atomic mass is 10.4. The number of fused-ring (bicyclic) bond motifs is 1. The van der Waals surface area contributed by atoms with Gasteiger partial charge in [-0.15, -0.1) is 11.3 Å². The van der Waals surface area contributed by atoms with Crippen LogP contribution in [0.25, 0.3) is 10.2 Å². The van der Waals surface area contributed by atoms with Crippen molar-refractivity contribution in [2.45, 2.75) is 0 Å². The first-order valence-corrected chi connectivity index (χ1v) is 6.96. The average molecular weight is 288 g/mol. The third-order valence-electron chi connectivity index (χ3n) is 2.69. The molecule has 0 bridgehead atoms. The van der Waals surface area contributed by atoms with Crippen LogP contribution < -0.4 is 10.6 Å². The number of carbonyl (C=O) groups excluding carboxylic acids is 1. The number of anilines is 1. The predicted octanol–water partition coefficient (Wildman–Crippen LogP) is 2.13. The summed E-state index contributed by atoms with van der Waals surface area (Å²) in [5, 5.41) is 7.93. The van der Waals surface area contributed by atoms with Gasteiger partial charge in [-0.2, -0.15) is 0 Å². The van der Waals surface area contributed by atoms with Crippen molar-refractivity contribution in [2.24, 2.45) is 0 Å². The van der Waals surface area contributed by atoms with Gasteiger partial charge in [-0.05, 0) is 23.6 Å². The third kappa shape index (κ3) is 2.62. The van der Waals surface area contributed by atoms with Gasteiger partial charge in [0.1, 0.15) is 12.1 Å². The highest BCUT2D eigenvalue weighted by atomic mass is 32.1. The SMILES string of the molecule is O=C(NCCNc1ncnc2ccsc12)c1ccco1. The minimum Gasteiger partial charge on any atom is -0.459 e. The Balaban J connectivity index is 1.53. The molecule has 3 heterocycles. The van der Waals surface area contributed by atoms with Crippen LogP contribution in [0, 0.1) is 0 Å². The maximum absolute atomic E-state index is 11.6. The van der Waals surface area contributed by atoms with Gasteiger partial charge in [0.05, 0.1) is 16.5 Å². The number of aromatic nitrogens is 2. The van der Waals surface area contributed by atoms with Gasteiger partial charge < -0.3 is 15.1 Å². The molecule has 0 unspecified atom stereocenters. The summed E-state index contributed by atoms with van der Waals surface area (Å²) in [4.78, 5) is 20.0. The molecule has 0 aliphatic carbocycles. The van der Waals surface area contributed by atoms with Crippen molar-refractivity contribution in [3.05, 3.63) is 41.9 Å². The number of hydrogen-bond donors (Lipinski definition) is 2. The Morgan fingerprint density at radius 1 is 1.30 bits per heavy atom. The summed E-state index contributed by atoms with van der Waals surface area (Å²) in [5.74, 6) is 0.880. The van der Waals surface area contributed by atoms with Crippen molar-refractivity contribution in [2.75, 3.05) is 18.4 Å². The zero-order chi connectivity index (χ0) is 13.8. The van der Waals surface area contributed by atoms with Crippen molar-refractivity contribution in [1.29, 1.82) is 0 Å². The maximum Gasteiger partial charge on any atom is 0.287 e. The summed E-state index contributed by atoms with van der Waals surface area (Å²) in [6.45, 7) is 1.06. The van der Waals surface area contributed by atoms with E-state index in [-0.39, 0.29) is 5.91 Å². The van der Waals surface area contributed by atoms with Gasteiger partial charge >= 0.3 is 0 Å². The van der Waals surface area contributed by atoms with Crippen LogP contribution >= 0.6 is 11.3 Å². The molecule has 20 heavy (non-hydrogen) atoms. The molecule has 2 N–H and O–H groups in total. The number of hydrogen-bond acceptors (Lipinski definition) is 6. The molecule has 0 saturated heterocycles. The minimum absolute atomic E-state index is 0.222. The highest BCUT2D eigenvalue weighted by Gasteiger charge is 2.07. The first-order chi connectivity index (χ1) is 9.84. The average Bonchev–Trinajstić information content (AvgIpc) is 3.13. The molecule has 0 aliphatic rings. The van der Waals surface area contributed by atoms with Crippen LogP contribution in [0.1, 0.15) is 10.6 Å². The van der Waals surface area contributed by atoms with Crippen LogP contribution in [0.4, 0.5) is 5.82 Å². The smallest absolute Gasteiger partial charge is 0.287 e. The third-order valence-corrected chi connectivity index (χ3v) is 3.60. The van der Waals surface area contributed by atoms with Crippen LogP contribution in [-0.4, -0.2) is 29.0 Å². The molecular formula is C13H12N4O2S. The molecule has 3 rings (SSSR count). The van der Waals surface area contributed by atoms with E-state index in [2.05, 4.69) is 20.6 Å². The molecule has 3 aromatic heterocycles. The lowest BCUT2D eigenvalue weighted by Gasteiger charge is -2.06. The van der Waals surface area contributed by atoms with E-state index in [1.807, 2.05) is 11.4 Å². The Hall–Kier alpha value is -2.41. The second kappa shape index (κ2) is 5.70. The van der Waals surface area contributed by atoms with Gasteiger partial charge in [0.2, 0.25) is 0 Å². The summed E-state index contributed by atoms with van der Waals surface area (Å²) in [6, 6.07) is 5.26. The first kappa shape index (κ1) is 12.6. The molecule has 0 atom stereocenters. The van der Waals surface area contributed by atoms with E-state index in [4.69, 9.17) is 4.42 Å². The number of amides is 1. The van der Waals surface area contributed by atoms with Gasteiger partial charge in [-0.3, -0.25) is 4.79 Å². The van der Waals surface area contributed by atoms with Crippen molar-refractivity contribution < 1.29 is 9.21 Å². The van der Waals surface area contributed by atoms with E-state index in [0.29, 0.717) is 18.8 Å². The van der Waals surface area contributed by atoms with E-state index in [1.54, 1.807) is 23.5 Å². The van der Waals surface area contributed by atoms with Crippen molar-refractivity contribution in [1.82, 2.24) is 15.3 Å². The van der Waals surface area contributed by atoms with Crippen molar-refractivity contribution >= 4 is 33.3 Å². The maximum atomic E-state index is 11.6. The lowest BCUT2D eigenvalue weighted by Crippen LogP contribution is -2.28. The van der Waals surface area contributed by atoms with Crippen molar-refractivity contribution in [3.8, 4) is 0 Å². The second-order valence-corrected chi connectivity index (χ2v) is 4.93. The number of nitrogens with zero attached hydrogens (tertiary/aromatic N) is 2. The fourth-order valence-electron chi connectivity index (χ4n) is 1.77. The summed E-state index contributed by atoms with van der Waals surface area (Å²) < 4.78 is 6.02. The molecule has 6 nitrogen and oxygen atoms in total. The number of carbonyl (C=O) groups is 1. The topological polar surface area (TPSA) is 80.0 Å². The molecule has 0 aromatic carbocycles. The standard InChI is InChI=1S/C13H12N4O2S/c18-13(10-2-1-6-19-10)15-5-4-14-12-11-9(3-7-20-11)16-8-17-12/h1-3,6-8H,4-5H2,(H,15,18)(H,14,16,17). The van der Waals surface area contributed by atoms with E-state index in [1.165, 1.54) is 12.6 Å². The van der Waals surface area contributed by atoms with Crippen molar-refractivity contribution in [3.63, 3.8) is 0 Å².